The molecule has 0 aromatic heterocycles. The smallest absolute Gasteiger partial charge is 0.189 e. The zero-order valence-corrected chi connectivity index (χ0v) is 29.8. The maximum Gasteiger partial charge on any atom is 0.189 e. The van der Waals surface area contributed by atoms with Crippen LogP contribution in [0.1, 0.15) is 82.0 Å². The number of Topliss-reactive ketones (excluding diaryl/α,β-unsaturated/α-hetero) is 1. The van der Waals surface area contributed by atoms with Crippen molar-refractivity contribution in [1.29, 1.82) is 0 Å². The van der Waals surface area contributed by atoms with Crippen molar-refractivity contribution in [1.82, 2.24) is 4.90 Å². The molecular formula is C43H55NO6. The topological polar surface area (TPSA) is 110 Å². The van der Waals surface area contributed by atoms with Gasteiger partial charge in [-0.2, -0.15) is 0 Å². The van der Waals surface area contributed by atoms with Crippen molar-refractivity contribution in [2.45, 2.75) is 95.5 Å². The number of benzene rings is 2. The van der Waals surface area contributed by atoms with Crippen molar-refractivity contribution in [2.24, 2.45) is 33.5 Å². The molecule has 10 unspecified atom stereocenters. The molecule has 2 spiro atoms. The van der Waals surface area contributed by atoms with Gasteiger partial charge in [-0.3, -0.25) is 9.69 Å². The number of hydrogen-bond acceptors (Lipinski definition) is 7. The first-order valence-corrected chi connectivity index (χ1v) is 19.1. The van der Waals surface area contributed by atoms with Gasteiger partial charge in [0.25, 0.3) is 0 Å². The van der Waals surface area contributed by atoms with Gasteiger partial charge in [0.1, 0.15) is 0 Å². The summed E-state index contributed by atoms with van der Waals surface area (Å²) in [5.74, 6) is 0.328. The lowest BCUT2D eigenvalue weighted by Crippen LogP contribution is -2.67. The van der Waals surface area contributed by atoms with Crippen LogP contribution in [0.15, 0.2) is 78.4 Å². The number of ketones is 1. The third-order valence-electron chi connectivity index (χ3n) is 14.9. The molecule has 10 atom stereocenters. The van der Waals surface area contributed by atoms with Gasteiger partial charge in [0, 0.05) is 53.6 Å². The molecule has 7 aliphatic rings. The molecule has 4 fully saturated rings. The molecule has 7 heteroatoms. The lowest BCUT2D eigenvalue weighted by molar-refractivity contribution is -0.177. The van der Waals surface area contributed by atoms with E-state index in [1.54, 1.807) is 0 Å². The van der Waals surface area contributed by atoms with Gasteiger partial charge in [-0.25, -0.2) is 0 Å². The van der Waals surface area contributed by atoms with Gasteiger partial charge in [-0.15, -0.1) is 0 Å². The van der Waals surface area contributed by atoms with Crippen molar-refractivity contribution in [3.8, 4) is 11.1 Å². The molecule has 268 valence electrons. The molecule has 0 amide bonds. The molecule has 9 rings (SSSR count). The highest BCUT2D eigenvalue weighted by Crippen LogP contribution is 2.78. The SMILES string of the molecule is CC12CCC(O)CC13C=CC1(C(C(=O)c4ccc(-c5ccccc5)cc4)=C3)C2CCC2(C)C1CCC2(O)CN(CC(O)CO)CC1CCCO1. The quantitative estimate of drug-likeness (QED) is 0.181. The van der Waals surface area contributed by atoms with Gasteiger partial charge in [0.05, 0.1) is 30.5 Å². The molecule has 4 N–H and O–H groups in total. The first-order chi connectivity index (χ1) is 24.0. The second-order valence-corrected chi connectivity index (χ2v) is 17.2. The Bertz CT molecular complexity index is 1650. The van der Waals surface area contributed by atoms with Crippen molar-refractivity contribution in [2.75, 3.05) is 32.8 Å². The summed E-state index contributed by atoms with van der Waals surface area (Å²) < 4.78 is 5.98. The van der Waals surface area contributed by atoms with E-state index in [1.165, 1.54) is 0 Å². The van der Waals surface area contributed by atoms with E-state index in [0.717, 1.165) is 68.3 Å². The second-order valence-electron chi connectivity index (χ2n) is 17.2. The number of ether oxygens (including phenoxy) is 1. The third kappa shape index (κ3) is 5.09. The number of aliphatic hydroxyl groups excluding tert-OH is 3. The van der Waals surface area contributed by atoms with E-state index in [-0.39, 0.29) is 47.7 Å². The summed E-state index contributed by atoms with van der Waals surface area (Å²) in [6, 6.07) is 18.3. The first kappa shape index (κ1) is 34.4. The van der Waals surface area contributed by atoms with Crippen molar-refractivity contribution in [3.05, 3.63) is 84.0 Å². The van der Waals surface area contributed by atoms with Crippen LogP contribution in [0.5, 0.6) is 0 Å². The van der Waals surface area contributed by atoms with Gasteiger partial charge >= 0.3 is 0 Å². The van der Waals surface area contributed by atoms with Gasteiger partial charge in [0.15, 0.2) is 5.78 Å². The zero-order chi connectivity index (χ0) is 34.9. The Kier molecular flexibility index (Phi) is 8.60. The summed E-state index contributed by atoms with van der Waals surface area (Å²) in [6.45, 7) is 6.36. The summed E-state index contributed by atoms with van der Waals surface area (Å²) in [7, 11) is 0. The number of hydrogen-bond donors (Lipinski definition) is 4. The maximum absolute atomic E-state index is 15.0. The number of rotatable bonds is 10. The number of carbonyl (C=O) groups is 1. The Hall–Kier alpha value is -2.65. The van der Waals surface area contributed by atoms with Crippen LogP contribution >= 0.6 is 0 Å². The second kappa shape index (κ2) is 12.5. The summed E-state index contributed by atoms with van der Waals surface area (Å²) in [6.07, 6.45) is 13.2. The van der Waals surface area contributed by atoms with Crippen LogP contribution < -0.4 is 0 Å². The highest BCUT2D eigenvalue weighted by molar-refractivity contribution is 6.10. The van der Waals surface area contributed by atoms with E-state index in [2.05, 4.69) is 49.1 Å². The van der Waals surface area contributed by atoms with E-state index in [4.69, 9.17) is 4.74 Å². The number of aliphatic hydroxyl groups is 4. The van der Waals surface area contributed by atoms with E-state index in [9.17, 15) is 20.4 Å². The average molecular weight is 682 g/mol. The molecule has 2 aromatic carbocycles. The normalized spacial score (nSPS) is 40.7. The van der Waals surface area contributed by atoms with Crippen LogP contribution in [0, 0.1) is 33.5 Å². The van der Waals surface area contributed by atoms with Gasteiger partial charge in [0.2, 0.25) is 0 Å². The van der Waals surface area contributed by atoms with Crippen LogP contribution in [0.25, 0.3) is 11.1 Å². The number of fused-ring (bicyclic) bond motifs is 1. The minimum atomic E-state index is -1.04. The molecule has 2 bridgehead atoms. The van der Waals surface area contributed by atoms with Crippen molar-refractivity contribution >= 4 is 5.78 Å². The van der Waals surface area contributed by atoms with Crippen LogP contribution in [0.4, 0.5) is 0 Å². The Morgan fingerprint density at radius 1 is 0.920 bits per heavy atom. The number of allylic oxidation sites excluding steroid dienone is 4. The van der Waals surface area contributed by atoms with Crippen molar-refractivity contribution in [3.63, 3.8) is 0 Å². The van der Waals surface area contributed by atoms with E-state index < -0.39 is 28.6 Å². The van der Waals surface area contributed by atoms with Crippen LogP contribution in [-0.4, -0.2) is 87.9 Å². The Morgan fingerprint density at radius 2 is 1.62 bits per heavy atom. The van der Waals surface area contributed by atoms with Gasteiger partial charge in [-0.1, -0.05) is 86.7 Å². The molecule has 7 nitrogen and oxygen atoms in total. The number of carbonyl (C=O) groups excluding carboxylic acids is 1. The van der Waals surface area contributed by atoms with Gasteiger partial charge in [-0.05, 0) is 86.2 Å². The van der Waals surface area contributed by atoms with E-state index >= 15 is 4.79 Å². The minimum Gasteiger partial charge on any atom is -0.394 e. The lowest BCUT2D eigenvalue weighted by Gasteiger charge is -2.71. The summed E-state index contributed by atoms with van der Waals surface area (Å²) in [5, 5.41) is 44.3. The summed E-state index contributed by atoms with van der Waals surface area (Å²) in [5.41, 5.74) is 1.19. The molecule has 2 aromatic rings. The predicted octanol–water partition coefficient (Wildman–Crippen LogP) is 5.96. The highest BCUT2D eigenvalue weighted by atomic mass is 16.5. The van der Waals surface area contributed by atoms with Crippen LogP contribution in [0.2, 0.25) is 0 Å². The molecule has 1 saturated heterocycles. The fourth-order valence-electron chi connectivity index (χ4n) is 12.2. The maximum atomic E-state index is 15.0. The highest BCUT2D eigenvalue weighted by Gasteiger charge is 2.74. The summed E-state index contributed by atoms with van der Waals surface area (Å²) >= 11 is 0. The van der Waals surface area contributed by atoms with E-state index in [0.29, 0.717) is 31.5 Å². The Morgan fingerprint density at radius 3 is 2.34 bits per heavy atom. The molecule has 1 heterocycles. The minimum absolute atomic E-state index is 0.0445. The largest absolute Gasteiger partial charge is 0.394 e. The Labute approximate surface area is 297 Å². The van der Waals surface area contributed by atoms with Crippen LogP contribution in [-0.2, 0) is 4.74 Å². The molecule has 6 aliphatic carbocycles. The summed E-state index contributed by atoms with van der Waals surface area (Å²) in [4.78, 5) is 17.1. The standard InChI is InChI=1S/C43H55NO6/c1-39-17-14-32(46)23-41(39)20-21-43(35(24-41)38(48)31-12-10-30(11-13-31)29-7-4-3-5-8-29)36(39)15-18-40(2)37(43)16-19-42(40,49)28-44(25-33(47)27-45)26-34-9-6-22-50-34/h3-5,7-8,10-13,20-21,24,32-34,36-37,45-47,49H,6,9,14-19,22-23,25-28H2,1-2H3. The number of nitrogens with zero attached hydrogens (tertiary/aromatic N) is 1. The molecular weight excluding hydrogens is 626 g/mol. The van der Waals surface area contributed by atoms with Crippen LogP contribution in [0.3, 0.4) is 0 Å². The third-order valence-corrected chi connectivity index (χ3v) is 14.9. The average Bonchev–Trinajstić information content (AvgIpc) is 3.73. The molecule has 1 aliphatic heterocycles. The monoisotopic (exact) mass is 681 g/mol. The van der Waals surface area contributed by atoms with Crippen molar-refractivity contribution < 1.29 is 30.0 Å². The predicted molar refractivity (Wildman–Crippen MR) is 193 cm³/mol. The first-order valence-electron chi connectivity index (χ1n) is 19.1. The fourth-order valence-corrected chi connectivity index (χ4v) is 12.2. The molecule has 50 heavy (non-hydrogen) atoms. The fraction of sp³-hybridized carbons (Fsp3) is 0.605. The molecule has 0 radical (unpaired) electrons. The lowest BCUT2D eigenvalue weighted by atomic mass is 9.32. The molecule has 3 saturated carbocycles. The zero-order valence-electron chi connectivity index (χ0n) is 29.8. The van der Waals surface area contributed by atoms with E-state index in [1.807, 2.05) is 42.5 Å². The Balaban J connectivity index is 1.18. The van der Waals surface area contributed by atoms with Gasteiger partial charge < -0.3 is 25.2 Å².